The Labute approximate surface area is 240 Å². The molecule has 3 unspecified atom stereocenters. The van der Waals surface area contributed by atoms with Crippen LogP contribution in [-0.2, 0) is 24.2 Å². The fourth-order valence-electron chi connectivity index (χ4n) is 5.50. The van der Waals surface area contributed by atoms with Crippen LogP contribution in [0.5, 0.6) is 0 Å². The second kappa shape index (κ2) is 10.1. The zero-order valence-corrected chi connectivity index (χ0v) is 24.5. The standard InChI is InChI=1S/C27H31ClN8OS2/c1-26(2,3)39(37)34-21-16-35(11-7-27(21)13-17-5-4-8-30-18(17)14-27)25-33-15-20(24-32-10-12-36(24)25)38-19-6-9-31-23(29)22(19)28/h4-6,8-10,12,15,21,34H,7,11,13-14,16H2,1-3H3,(H2,29,31). The number of aromatic nitrogens is 5. The molecule has 0 aromatic carbocycles. The van der Waals surface area contributed by atoms with Gasteiger partial charge in [-0.25, -0.2) is 15.0 Å². The Morgan fingerprint density at radius 1 is 1.13 bits per heavy atom. The van der Waals surface area contributed by atoms with Crippen LogP contribution in [0, 0.1) is 5.41 Å². The van der Waals surface area contributed by atoms with Crippen molar-refractivity contribution in [3.63, 3.8) is 0 Å². The minimum atomic E-state index is -1.21. The number of anilines is 2. The Hall–Kier alpha value is -2.57. The van der Waals surface area contributed by atoms with Crippen molar-refractivity contribution in [3.8, 4) is 0 Å². The molecule has 5 heterocycles. The molecule has 1 saturated heterocycles. The number of imidazole rings is 1. The van der Waals surface area contributed by atoms with Crippen LogP contribution in [0.3, 0.4) is 0 Å². The van der Waals surface area contributed by atoms with Crippen molar-refractivity contribution < 1.29 is 4.55 Å². The smallest absolute Gasteiger partial charge is 0.211 e. The summed E-state index contributed by atoms with van der Waals surface area (Å²) in [7, 11) is 0. The Kier molecular flexibility index (Phi) is 6.91. The predicted molar refractivity (Wildman–Crippen MR) is 156 cm³/mol. The van der Waals surface area contributed by atoms with Crippen molar-refractivity contribution in [2.24, 2.45) is 5.41 Å². The zero-order valence-electron chi connectivity index (χ0n) is 22.1. The lowest BCUT2D eigenvalue weighted by atomic mass is 9.72. The Bertz CT molecular complexity index is 1500. The van der Waals surface area contributed by atoms with Gasteiger partial charge >= 0.3 is 0 Å². The summed E-state index contributed by atoms with van der Waals surface area (Å²) < 4.78 is 18.5. The lowest BCUT2D eigenvalue weighted by molar-refractivity contribution is 0.178. The number of hydrogen-bond donors (Lipinski definition) is 2. The van der Waals surface area contributed by atoms with Gasteiger partial charge in [0.05, 0.1) is 16.0 Å². The molecule has 3 atom stereocenters. The number of nitrogens with one attached hydrogen (secondary N) is 1. The summed E-state index contributed by atoms with van der Waals surface area (Å²) in [6.45, 7) is 7.51. The number of nitrogens with zero attached hydrogens (tertiary/aromatic N) is 6. The molecular formula is C27H31ClN8OS2. The first-order valence-corrected chi connectivity index (χ1v) is 15.2. The summed E-state index contributed by atoms with van der Waals surface area (Å²) in [6, 6.07) is 6.02. The first-order chi connectivity index (χ1) is 18.6. The molecule has 12 heteroatoms. The lowest BCUT2D eigenvalue weighted by Gasteiger charge is -2.46. The van der Waals surface area contributed by atoms with E-state index >= 15 is 0 Å². The fraction of sp³-hybridized carbons (Fsp3) is 0.407. The van der Waals surface area contributed by atoms with Crippen molar-refractivity contribution in [2.75, 3.05) is 23.7 Å². The van der Waals surface area contributed by atoms with E-state index in [1.807, 2.05) is 55.9 Å². The van der Waals surface area contributed by atoms with Crippen molar-refractivity contribution in [1.82, 2.24) is 29.1 Å². The van der Waals surface area contributed by atoms with E-state index in [1.165, 1.54) is 17.3 Å². The van der Waals surface area contributed by atoms with E-state index in [0.717, 1.165) is 52.9 Å². The van der Waals surface area contributed by atoms with Crippen LogP contribution in [0.25, 0.3) is 5.65 Å². The number of rotatable bonds is 5. The molecule has 0 amide bonds. The highest BCUT2D eigenvalue weighted by atomic mass is 35.5. The van der Waals surface area contributed by atoms with E-state index in [1.54, 1.807) is 12.4 Å². The molecule has 4 aromatic heterocycles. The van der Waals surface area contributed by atoms with Crippen LogP contribution in [0.15, 0.2) is 59.0 Å². The number of piperidine rings is 1. The maximum atomic E-state index is 13.3. The van der Waals surface area contributed by atoms with Gasteiger partial charge in [-0.3, -0.25) is 9.38 Å². The van der Waals surface area contributed by atoms with Gasteiger partial charge < -0.3 is 15.2 Å². The molecule has 204 valence electrons. The molecule has 0 bridgehead atoms. The quantitative estimate of drug-likeness (QED) is 0.331. The molecule has 1 spiro atoms. The maximum Gasteiger partial charge on any atom is 0.211 e. The van der Waals surface area contributed by atoms with Crippen LogP contribution < -0.4 is 15.4 Å². The van der Waals surface area contributed by atoms with E-state index in [0.29, 0.717) is 17.4 Å². The van der Waals surface area contributed by atoms with Crippen LogP contribution in [0.1, 0.15) is 38.4 Å². The highest BCUT2D eigenvalue weighted by Gasteiger charge is 2.50. The average Bonchev–Trinajstić information content (AvgIpc) is 3.53. The minimum Gasteiger partial charge on any atom is -0.598 e. The van der Waals surface area contributed by atoms with Gasteiger partial charge in [-0.1, -0.05) is 29.4 Å². The number of nitrogens with two attached hydrogens (primary N) is 1. The number of fused-ring (bicyclic) bond motifs is 2. The molecule has 0 radical (unpaired) electrons. The normalized spacial score (nSPS) is 22.0. The second-order valence-electron chi connectivity index (χ2n) is 11.2. The summed E-state index contributed by atoms with van der Waals surface area (Å²) in [5.41, 5.74) is 9.11. The minimum absolute atomic E-state index is 0.00599. The van der Waals surface area contributed by atoms with E-state index in [-0.39, 0.29) is 16.2 Å². The van der Waals surface area contributed by atoms with Crippen LogP contribution in [0.4, 0.5) is 11.8 Å². The van der Waals surface area contributed by atoms with Gasteiger partial charge in [0, 0.05) is 71.4 Å². The molecule has 1 aliphatic carbocycles. The summed E-state index contributed by atoms with van der Waals surface area (Å²) in [4.78, 5) is 22.2. The first-order valence-electron chi connectivity index (χ1n) is 12.9. The van der Waals surface area contributed by atoms with Gasteiger partial charge in [-0.2, -0.15) is 0 Å². The maximum absolute atomic E-state index is 13.3. The molecule has 9 nitrogen and oxygen atoms in total. The van der Waals surface area contributed by atoms with Crippen molar-refractivity contribution >= 4 is 52.1 Å². The monoisotopic (exact) mass is 582 g/mol. The fourth-order valence-corrected chi connectivity index (χ4v) is 7.58. The van der Waals surface area contributed by atoms with Gasteiger partial charge in [0.15, 0.2) is 5.65 Å². The molecule has 39 heavy (non-hydrogen) atoms. The molecule has 1 aliphatic heterocycles. The number of nitrogen functional groups attached to an aromatic ring is 1. The molecule has 2 aliphatic rings. The largest absolute Gasteiger partial charge is 0.598 e. The van der Waals surface area contributed by atoms with E-state index in [2.05, 4.69) is 30.6 Å². The van der Waals surface area contributed by atoms with Gasteiger partial charge in [0.25, 0.3) is 0 Å². The molecule has 6 rings (SSSR count). The molecular weight excluding hydrogens is 552 g/mol. The predicted octanol–water partition coefficient (Wildman–Crippen LogP) is 4.32. The second-order valence-corrected chi connectivity index (χ2v) is 14.7. The van der Waals surface area contributed by atoms with Crippen molar-refractivity contribution in [3.05, 3.63) is 65.5 Å². The topological polar surface area (TPSA) is 120 Å². The van der Waals surface area contributed by atoms with Gasteiger partial charge in [0.1, 0.15) is 10.6 Å². The molecule has 3 N–H and O–H groups in total. The van der Waals surface area contributed by atoms with Crippen molar-refractivity contribution in [2.45, 2.75) is 60.6 Å². The Balaban J connectivity index is 1.31. The number of hydrogen-bond acceptors (Lipinski definition) is 9. The Morgan fingerprint density at radius 3 is 2.77 bits per heavy atom. The Morgan fingerprint density at radius 2 is 1.97 bits per heavy atom. The van der Waals surface area contributed by atoms with E-state index in [4.69, 9.17) is 22.3 Å². The van der Waals surface area contributed by atoms with Crippen LogP contribution in [-0.4, -0.2) is 52.8 Å². The van der Waals surface area contributed by atoms with Crippen molar-refractivity contribution in [1.29, 1.82) is 0 Å². The third kappa shape index (κ3) is 4.95. The first kappa shape index (κ1) is 26.6. The lowest BCUT2D eigenvalue weighted by Crippen LogP contribution is -2.61. The summed E-state index contributed by atoms with van der Waals surface area (Å²) >= 11 is 6.65. The highest BCUT2D eigenvalue weighted by Crippen LogP contribution is 2.45. The number of halogens is 1. The van der Waals surface area contributed by atoms with Crippen LogP contribution in [0.2, 0.25) is 5.02 Å². The summed E-state index contributed by atoms with van der Waals surface area (Å²) in [5, 5.41) is 0.422. The van der Waals surface area contributed by atoms with Gasteiger partial charge in [0.2, 0.25) is 5.95 Å². The summed E-state index contributed by atoms with van der Waals surface area (Å²) in [6.07, 6.45) is 11.8. The van der Waals surface area contributed by atoms with Gasteiger partial charge in [-0.05, 0) is 57.7 Å². The van der Waals surface area contributed by atoms with Gasteiger partial charge in [-0.15, -0.1) is 4.72 Å². The third-order valence-electron chi connectivity index (χ3n) is 7.63. The zero-order chi connectivity index (χ0) is 27.4. The number of pyridine rings is 2. The highest BCUT2D eigenvalue weighted by molar-refractivity contribution is 7.99. The van der Waals surface area contributed by atoms with E-state index < -0.39 is 11.4 Å². The molecule has 4 aromatic rings. The average molecular weight is 583 g/mol. The summed E-state index contributed by atoms with van der Waals surface area (Å²) in [5.74, 6) is 1.10. The third-order valence-corrected chi connectivity index (χ3v) is 10.8. The van der Waals surface area contributed by atoms with Crippen LogP contribution >= 0.6 is 23.4 Å². The molecule has 0 saturated carbocycles. The SMILES string of the molecule is CC(C)(C)[S+]([O-])NC1CN(c2ncc(Sc3ccnc(N)c3Cl)c3nccn23)CCC12Cc1cccnc1C2. The molecule has 1 fully saturated rings. The van der Waals surface area contributed by atoms with E-state index in [9.17, 15) is 4.55 Å².